The molecule has 0 atom stereocenters. The summed E-state index contributed by atoms with van der Waals surface area (Å²) in [6.07, 6.45) is 3.05. The zero-order chi connectivity index (χ0) is 19.8. The van der Waals surface area contributed by atoms with Crippen LogP contribution in [-0.2, 0) is 29.0 Å². The second-order valence-corrected chi connectivity index (χ2v) is 7.17. The Bertz CT molecular complexity index is 805. The fourth-order valence-corrected chi connectivity index (χ4v) is 3.38. The molecule has 0 unspecified atom stereocenters. The van der Waals surface area contributed by atoms with E-state index in [4.69, 9.17) is 4.74 Å². The van der Waals surface area contributed by atoms with Gasteiger partial charge in [-0.15, -0.1) is 0 Å². The lowest BCUT2D eigenvalue weighted by molar-refractivity contribution is -0.129. The Morgan fingerprint density at radius 3 is 2.68 bits per heavy atom. The molecule has 28 heavy (non-hydrogen) atoms. The maximum absolute atomic E-state index is 12.1. The van der Waals surface area contributed by atoms with Crippen LogP contribution in [0, 0.1) is 0 Å². The summed E-state index contributed by atoms with van der Waals surface area (Å²) in [4.78, 5) is 25.6. The summed E-state index contributed by atoms with van der Waals surface area (Å²) in [5.74, 6) is 0.958. The van der Waals surface area contributed by atoms with Gasteiger partial charge in [0.05, 0.1) is 6.54 Å². The minimum Gasteiger partial charge on any atom is -0.491 e. The van der Waals surface area contributed by atoms with E-state index in [2.05, 4.69) is 23.5 Å². The van der Waals surface area contributed by atoms with Crippen molar-refractivity contribution in [3.8, 4) is 5.75 Å². The van der Waals surface area contributed by atoms with Gasteiger partial charge in [0.1, 0.15) is 12.4 Å². The molecule has 1 aliphatic rings. The van der Waals surface area contributed by atoms with Crippen molar-refractivity contribution in [3.05, 3.63) is 65.2 Å². The topological polar surface area (TPSA) is 58.6 Å². The van der Waals surface area contributed by atoms with Gasteiger partial charge < -0.3 is 15.0 Å². The first-order chi connectivity index (χ1) is 13.6. The van der Waals surface area contributed by atoms with Gasteiger partial charge in [-0.3, -0.25) is 9.59 Å². The zero-order valence-corrected chi connectivity index (χ0v) is 16.4. The molecule has 0 aliphatic carbocycles. The molecule has 1 N–H and O–H groups in total. The summed E-state index contributed by atoms with van der Waals surface area (Å²) in [6, 6.07) is 16.3. The fourth-order valence-electron chi connectivity index (χ4n) is 3.38. The summed E-state index contributed by atoms with van der Waals surface area (Å²) in [6.45, 7) is 3.95. The quantitative estimate of drug-likeness (QED) is 0.751. The van der Waals surface area contributed by atoms with Crippen molar-refractivity contribution in [2.75, 3.05) is 19.7 Å². The van der Waals surface area contributed by atoms with Crippen molar-refractivity contribution < 1.29 is 14.3 Å². The van der Waals surface area contributed by atoms with Crippen LogP contribution >= 0.6 is 0 Å². The highest BCUT2D eigenvalue weighted by Crippen LogP contribution is 2.25. The van der Waals surface area contributed by atoms with Gasteiger partial charge in [-0.05, 0) is 36.5 Å². The molecule has 1 heterocycles. The molecule has 2 aromatic carbocycles. The summed E-state index contributed by atoms with van der Waals surface area (Å²) in [5.41, 5.74) is 3.39. The number of carbonyl (C=O) groups excluding carboxylic acids is 2. The van der Waals surface area contributed by atoms with E-state index in [-0.39, 0.29) is 11.8 Å². The predicted octanol–water partition coefficient (Wildman–Crippen LogP) is 3.11. The van der Waals surface area contributed by atoms with Crippen LogP contribution in [0.15, 0.2) is 48.5 Å². The molecule has 0 radical (unpaired) electrons. The summed E-state index contributed by atoms with van der Waals surface area (Å²) in [7, 11) is 0. The fraction of sp³-hybridized carbons (Fsp3) is 0.391. The second kappa shape index (κ2) is 9.93. The monoisotopic (exact) mass is 380 g/mol. The van der Waals surface area contributed by atoms with Crippen LogP contribution in [0.4, 0.5) is 0 Å². The number of carbonyl (C=O) groups is 2. The minimum atomic E-state index is 0.0525. The molecule has 5 heteroatoms. The molecule has 1 aliphatic heterocycles. The van der Waals surface area contributed by atoms with E-state index in [1.54, 1.807) is 11.8 Å². The van der Waals surface area contributed by atoms with Gasteiger partial charge in [0, 0.05) is 32.0 Å². The molecule has 5 nitrogen and oxygen atoms in total. The van der Waals surface area contributed by atoms with E-state index in [0.29, 0.717) is 39.1 Å². The summed E-state index contributed by atoms with van der Waals surface area (Å²) in [5, 5.41) is 3.00. The lowest BCUT2D eigenvalue weighted by atomic mass is 10.0. The van der Waals surface area contributed by atoms with Crippen molar-refractivity contribution in [2.45, 2.75) is 39.2 Å². The zero-order valence-electron chi connectivity index (χ0n) is 16.4. The molecular weight excluding hydrogens is 352 g/mol. The van der Waals surface area contributed by atoms with Crippen LogP contribution in [0.25, 0.3) is 0 Å². The SMILES string of the molecule is CC(=O)N1CCOc2ccc(CCC(=O)NCCCc3ccccc3)cc2C1. The number of nitrogens with zero attached hydrogens (tertiary/aromatic N) is 1. The maximum Gasteiger partial charge on any atom is 0.220 e. The average Bonchev–Trinajstić information content (AvgIpc) is 2.92. The van der Waals surface area contributed by atoms with Crippen molar-refractivity contribution >= 4 is 11.8 Å². The molecule has 0 saturated heterocycles. The Kier molecular flexibility index (Phi) is 7.06. The van der Waals surface area contributed by atoms with E-state index in [1.807, 2.05) is 30.3 Å². The van der Waals surface area contributed by atoms with Gasteiger partial charge in [-0.1, -0.05) is 42.5 Å². The number of rotatable bonds is 7. The molecule has 3 rings (SSSR count). The van der Waals surface area contributed by atoms with Crippen LogP contribution in [-0.4, -0.2) is 36.4 Å². The van der Waals surface area contributed by atoms with Crippen LogP contribution in [0.3, 0.4) is 0 Å². The van der Waals surface area contributed by atoms with Crippen LogP contribution < -0.4 is 10.1 Å². The van der Waals surface area contributed by atoms with Crippen molar-refractivity contribution in [2.24, 2.45) is 0 Å². The molecule has 0 fully saturated rings. The van der Waals surface area contributed by atoms with Gasteiger partial charge >= 0.3 is 0 Å². The van der Waals surface area contributed by atoms with Gasteiger partial charge in [-0.2, -0.15) is 0 Å². The Labute approximate surface area is 166 Å². The second-order valence-electron chi connectivity index (χ2n) is 7.17. The highest BCUT2D eigenvalue weighted by atomic mass is 16.5. The van der Waals surface area contributed by atoms with Crippen molar-refractivity contribution in [1.29, 1.82) is 0 Å². The van der Waals surface area contributed by atoms with E-state index in [0.717, 1.165) is 29.7 Å². The van der Waals surface area contributed by atoms with E-state index in [9.17, 15) is 9.59 Å². The number of fused-ring (bicyclic) bond motifs is 1. The molecule has 0 saturated carbocycles. The van der Waals surface area contributed by atoms with Crippen LogP contribution in [0.5, 0.6) is 5.75 Å². The number of nitrogens with one attached hydrogen (secondary N) is 1. The van der Waals surface area contributed by atoms with Crippen LogP contribution in [0.2, 0.25) is 0 Å². The highest BCUT2D eigenvalue weighted by Gasteiger charge is 2.17. The molecule has 0 spiro atoms. The molecule has 0 aromatic heterocycles. The first kappa shape index (κ1) is 19.9. The first-order valence-electron chi connectivity index (χ1n) is 9.92. The van der Waals surface area contributed by atoms with Gasteiger partial charge in [-0.25, -0.2) is 0 Å². The largest absolute Gasteiger partial charge is 0.491 e. The Hall–Kier alpha value is -2.82. The third kappa shape index (κ3) is 5.84. The van der Waals surface area contributed by atoms with E-state index in [1.165, 1.54) is 5.56 Å². The van der Waals surface area contributed by atoms with Gasteiger partial charge in [0.25, 0.3) is 0 Å². The first-order valence-corrected chi connectivity index (χ1v) is 9.92. The van der Waals surface area contributed by atoms with E-state index >= 15 is 0 Å². The lowest BCUT2D eigenvalue weighted by Gasteiger charge is -2.17. The number of benzene rings is 2. The van der Waals surface area contributed by atoms with Gasteiger partial charge in [0.2, 0.25) is 11.8 Å². The van der Waals surface area contributed by atoms with Crippen molar-refractivity contribution in [3.63, 3.8) is 0 Å². The third-order valence-electron chi connectivity index (χ3n) is 5.00. The van der Waals surface area contributed by atoms with Crippen molar-refractivity contribution in [1.82, 2.24) is 10.2 Å². The normalized spacial score (nSPS) is 13.2. The van der Waals surface area contributed by atoms with Crippen LogP contribution in [0.1, 0.15) is 36.5 Å². The molecule has 2 aromatic rings. The Morgan fingerprint density at radius 2 is 1.89 bits per heavy atom. The highest BCUT2D eigenvalue weighted by molar-refractivity contribution is 5.76. The number of ether oxygens (including phenoxy) is 1. The Balaban J connectivity index is 1.44. The Morgan fingerprint density at radius 1 is 1.07 bits per heavy atom. The number of hydrogen-bond donors (Lipinski definition) is 1. The molecule has 2 amide bonds. The average molecular weight is 380 g/mol. The van der Waals surface area contributed by atoms with E-state index < -0.39 is 0 Å². The number of hydrogen-bond acceptors (Lipinski definition) is 3. The smallest absolute Gasteiger partial charge is 0.220 e. The molecule has 148 valence electrons. The lowest BCUT2D eigenvalue weighted by Crippen LogP contribution is -2.30. The molecule has 0 bridgehead atoms. The maximum atomic E-state index is 12.1. The summed E-state index contributed by atoms with van der Waals surface area (Å²) < 4.78 is 5.74. The van der Waals surface area contributed by atoms with Gasteiger partial charge in [0.15, 0.2) is 0 Å². The molecular formula is C23H28N2O3. The number of aryl methyl sites for hydroxylation is 2. The summed E-state index contributed by atoms with van der Waals surface area (Å²) >= 11 is 0. The third-order valence-corrected chi connectivity index (χ3v) is 5.00. The standard InChI is InChI=1S/C23H28N2O3/c1-18(26)25-14-15-28-22-11-9-20(16-21(22)17-25)10-12-23(27)24-13-5-8-19-6-3-2-4-7-19/h2-4,6-7,9,11,16H,5,8,10,12-15,17H2,1H3,(H,24,27). The predicted molar refractivity (Wildman–Crippen MR) is 109 cm³/mol. The minimum absolute atomic E-state index is 0.0525. The number of amides is 2.